The van der Waals surface area contributed by atoms with E-state index in [1.807, 2.05) is 26.5 Å². The summed E-state index contributed by atoms with van der Waals surface area (Å²) in [5.74, 6) is 0.197. The maximum atomic E-state index is 11.7. The zero-order valence-electron chi connectivity index (χ0n) is 10.9. The molecule has 1 heterocycles. The molecule has 1 aromatic heterocycles. The van der Waals surface area contributed by atoms with Crippen molar-refractivity contribution in [3.05, 3.63) is 16.1 Å². The van der Waals surface area contributed by atoms with Crippen LogP contribution in [0.25, 0.3) is 0 Å². The average Bonchev–Trinajstić information content (AvgIpc) is 2.64. The topological polar surface area (TPSA) is 45.2 Å². The Kier molecular flexibility index (Phi) is 11.7. The highest BCUT2D eigenvalue weighted by molar-refractivity contribution is 7.09. The van der Waals surface area contributed by atoms with E-state index < -0.39 is 0 Å². The van der Waals surface area contributed by atoms with E-state index in [1.165, 1.54) is 4.88 Å². The van der Waals surface area contributed by atoms with Crippen LogP contribution >= 0.6 is 36.2 Å². The first-order chi connectivity index (χ1) is 7.65. The lowest BCUT2D eigenvalue weighted by Gasteiger charge is -2.16. The van der Waals surface area contributed by atoms with Crippen molar-refractivity contribution in [3.63, 3.8) is 0 Å². The second-order valence-electron chi connectivity index (χ2n) is 3.82. The second-order valence-corrected chi connectivity index (χ2v) is 4.76. The van der Waals surface area contributed by atoms with Crippen LogP contribution in [0.1, 0.15) is 23.4 Å². The van der Waals surface area contributed by atoms with Gasteiger partial charge >= 0.3 is 0 Å². The number of aromatic nitrogens is 1. The van der Waals surface area contributed by atoms with E-state index in [4.69, 9.17) is 0 Å². The molecule has 0 fully saturated rings. The fraction of sp³-hybridized carbons (Fsp3) is 0.636. The number of hydrogen-bond donors (Lipinski definition) is 1. The van der Waals surface area contributed by atoms with Crippen LogP contribution in [0.15, 0.2) is 5.51 Å². The molecule has 0 aliphatic heterocycles. The molecule has 1 N–H and O–H groups in total. The van der Waals surface area contributed by atoms with Crippen LogP contribution in [0.5, 0.6) is 0 Å². The summed E-state index contributed by atoms with van der Waals surface area (Å²) in [6.07, 6.45) is 1.50. The lowest BCUT2D eigenvalue weighted by Crippen LogP contribution is -2.26. The second kappa shape index (κ2) is 10.6. The number of carbonyl (C=O) groups is 1. The molecule has 106 valence electrons. The maximum absolute atomic E-state index is 11.7. The summed E-state index contributed by atoms with van der Waals surface area (Å²) >= 11 is 1.61. The standard InChI is InChI=1S/C11H19N3OS.2ClH/c1-9-10(16-8-13-9)7-14(3)11(15)5-4-6-12-2;;/h8,12H,4-7H2,1-3H3;2*1H. The van der Waals surface area contributed by atoms with Crippen LogP contribution in [0.2, 0.25) is 0 Å². The number of aryl methyl sites for hydroxylation is 1. The van der Waals surface area contributed by atoms with Gasteiger partial charge in [-0.25, -0.2) is 4.98 Å². The quantitative estimate of drug-likeness (QED) is 0.819. The Balaban J connectivity index is 0. The van der Waals surface area contributed by atoms with Crippen LogP contribution in [0.4, 0.5) is 0 Å². The van der Waals surface area contributed by atoms with Crippen molar-refractivity contribution in [2.45, 2.75) is 26.3 Å². The number of amides is 1. The van der Waals surface area contributed by atoms with Gasteiger partial charge in [0.05, 0.1) is 17.7 Å². The Morgan fingerprint density at radius 1 is 1.50 bits per heavy atom. The molecule has 1 rings (SSSR count). The number of hydrogen-bond acceptors (Lipinski definition) is 4. The number of nitrogens with one attached hydrogen (secondary N) is 1. The molecule has 18 heavy (non-hydrogen) atoms. The summed E-state index contributed by atoms with van der Waals surface area (Å²) in [5.41, 5.74) is 2.85. The van der Waals surface area contributed by atoms with Gasteiger partial charge in [0, 0.05) is 18.3 Å². The van der Waals surface area contributed by atoms with Crippen molar-refractivity contribution < 1.29 is 4.79 Å². The highest BCUT2D eigenvalue weighted by Crippen LogP contribution is 2.14. The molecule has 1 aromatic rings. The van der Waals surface area contributed by atoms with Crippen LogP contribution in [-0.2, 0) is 11.3 Å². The van der Waals surface area contributed by atoms with E-state index in [0.29, 0.717) is 13.0 Å². The molecule has 0 bridgehead atoms. The molecule has 0 aliphatic carbocycles. The normalized spacial score (nSPS) is 9.28. The van der Waals surface area contributed by atoms with Crippen molar-refractivity contribution in [2.24, 2.45) is 0 Å². The first kappa shape index (κ1) is 20.0. The number of halogens is 2. The van der Waals surface area contributed by atoms with Gasteiger partial charge in [-0.1, -0.05) is 0 Å². The van der Waals surface area contributed by atoms with Crippen molar-refractivity contribution in [1.82, 2.24) is 15.2 Å². The van der Waals surface area contributed by atoms with Gasteiger partial charge in [0.2, 0.25) is 5.91 Å². The molecule has 0 radical (unpaired) electrons. The fourth-order valence-corrected chi connectivity index (χ4v) is 2.22. The molecule has 0 aromatic carbocycles. The van der Waals surface area contributed by atoms with Crippen molar-refractivity contribution in [1.29, 1.82) is 0 Å². The summed E-state index contributed by atoms with van der Waals surface area (Å²) in [5, 5.41) is 3.04. The molecule has 0 spiro atoms. The van der Waals surface area contributed by atoms with Gasteiger partial charge in [0.25, 0.3) is 0 Å². The summed E-state index contributed by atoms with van der Waals surface area (Å²) in [7, 11) is 3.75. The predicted molar refractivity (Wildman–Crippen MR) is 81.0 cm³/mol. The first-order valence-corrected chi connectivity index (χ1v) is 6.30. The molecule has 1 amide bonds. The van der Waals surface area contributed by atoms with Gasteiger partial charge in [0.15, 0.2) is 0 Å². The SMILES string of the molecule is CNCCCC(=O)N(C)Cc1scnc1C.Cl.Cl. The average molecular weight is 314 g/mol. The zero-order chi connectivity index (χ0) is 12.0. The van der Waals surface area contributed by atoms with Crippen molar-refractivity contribution in [3.8, 4) is 0 Å². The number of thiazole rings is 1. The van der Waals surface area contributed by atoms with Crippen LogP contribution < -0.4 is 5.32 Å². The zero-order valence-corrected chi connectivity index (χ0v) is 13.4. The smallest absolute Gasteiger partial charge is 0.222 e. The third-order valence-electron chi connectivity index (χ3n) is 2.47. The maximum Gasteiger partial charge on any atom is 0.222 e. The van der Waals surface area contributed by atoms with Gasteiger partial charge in [-0.2, -0.15) is 0 Å². The van der Waals surface area contributed by atoms with Gasteiger partial charge < -0.3 is 10.2 Å². The molecular weight excluding hydrogens is 293 g/mol. The molecule has 0 unspecified atom stereocenters. The van der Waals surface area contributed by atoms with Crippen LogP contribution in [0, 0.1) is 6.92 Å². The van der Waals surface area contributed by atoms with Crippen LogP contribution in [-0.4, -0.2) is 36.4 Å². The van der Waals surface area contributed by atoms with E-state index >= 15 is 0 Å². The molecule has 0 atom stereocenters. The molecular formula is C11H21Cl2N3OS. The lowest BCUT2D eigenvalue weighted by molar-refractivity contribution is -0.130. The summed E-state index contributed by atoms with van der Waals surface area (Å²) < 4.78 is 0. The van der Waals surface area contributed by atoms with Gasteiger partial charge in [-0.3, -0.25) is 4.79 Å². The molecule has 0 saturated heterocycles. The third-order valence-corrected chi connectivity index (χ3v) is 3.39. The van der Waals surface area contributed by atoms with E-state index in [0.717, 1.165) is 18.7 Å². The molecule has 0 saturated carbocycles. The minimum atomic E-state index is 0. The predicted octanol–water partition coefficient (Wildman–Crippen LogP) is 2.25. The van der Waals surface area contributed by atoms with Crippen molar-refractivity contribution >= 4 is 42.1 Å². The molecule has 7 heteroatoms. The summed E-state index contributed by atoms with van der Waals surface area (Å²) in [6, 6.07) is 0. The number of rotatable bonds is 6. The highest BCUT2D eigenvalue weighted by Gasteiger charge is 2.11. The highest BCUT2D eigenvalue weighted by atomic mass is 35.5. The van der Waals surface area contributed by atoms with Gasteiger partial charge in [0.1, 0.15) is 0 Å². The van der Waals surface area contributed by atoms with Gasteiger partial charge in [-0.15, -0.1) is 36.2 Å². The number of nitrogens with zero attached hydrogens (tertiary/aromatic N) is 2. The van der Waals surface area contributed by atoms with E-state index in [1.54, 1.807) is 16.2 Å². The van der Waals surface area contributed by atoms with Gasteiger partial charge in [-0.05, 0) is 26.9 Å². The van der Waals surface area contributed by atoms with E-state index in [-0.39, 0.29) is 30.7 Å². The van der Waals surface area contributed by atoms with E-state index in [2.05, 4.69) is 10.3 Å². The fourth-order valence-electron chi connectivity index (χ4n) is 1.39. The molecule has 4 nitrogen and oxygen atoms in total. The monoisotopic (exact) mass is 313 g/mol. The molecule has 0 aliphatic rings. The third kappa shape index (κ3) is 6.54. The Morgan fingerprint density at radius 2 is 2.17 bits per heavy atom. The largest absolute Gasteiger partial charge is 0.341 e. The van der Waals surface area contributed by atoms with E-state index in [9.17, 15) is 4.79 Å². The Labute approximate surface area is 125 Å². The first-order valence-electron chi connectivity index (χ1n) is 5.42. The Hall–Kier alpha value is -0.360. The summed E-state index contributed by atoms with van der Waals surface area (Å²) in [6.45, 7) is 3.54. The number of carbonyl (C=O) groups excluding carboxylic acids is 1. The van der Waals surface area contributed by atoms with Crippen molar-refractivity contribution in [2.75, 3.05) is 20.6 Å². The minimum Gasteiger partial charge on any atom is -0.341 e. The minimum absolute atomic E-state index is 0. The van der Waals surface area contributed by atoms with Crippen LogP contribution in [0.3, 0.4) is 0 Å². The Morgan fingerprint density at radius 3 is 2.67 bits per heavy atom. The lowest BCUT2D eigenvalue weighted by atomic mass is 10.2. The Bertz CT molecular complexity index is 347. The summed E-state index contributed by atoms with van der Waals surface area (Å²) in [4.78, 5) is 18.9.